The average molecular weight is 250 g/mol. The van der Waals surface area contributed by atoms with Crippen molar-refractivity contribution in [2.45, 2.75) is 32.6 Å². The maximum absolute atomic E-state index is 10.9. The fraction of sp³-hybridized carbons (Fsp3) is 0.538. The largest absolute Gasteiger partial charge is 0.477 e. The van der Waals surface area contributed by atoms with Gasteiger partial charge in [0.05, 0.1) is 12.2 Å². The number of aromatic nitrogens is 1. The topological polar surface area (TPSA) is 62.7 Å². The second-order valence-electron chi connectivity index (χ2n) is 4.81. The van der Waals surface area contributed by atoms with Crippen molar-refractivity contribution in [2.24, 2.45) is 0 Å². The third-order valence-corrected chi connectivity index (χ3v) is 2.94. The summed E-state index contributed by atoms with van der Waals surface area (Å²) in [6.45, 7) is 6.58. The van der Waals surface area contributed by atoms with Crippen LogP contribution in [0, 0.1) is 0 Å². The SMILES string of the molecule is CC1CN(Cc2ccnc(C(=O)O)c2)CC(C)O1. The third-order valence-electron chi connectivity index (χ3n) is 2.94. The Labute approximate surface area is 106 Å². The highest BCUT2D eigenvalue weighted by Gasteiger charge is 2.22. The molecule has 0 amide bonds. The van der Waals surface area contributed by atoms with E-state index in [1.54, 1.807) is 12.3 Å². The van der Waals surface area contributed by atoms with Gasteiger partial charge in [0.15, 0.2) is 0 Å². The van der Waals surface area contributed by atoms with Crippen LogP contribution in [-0.4, -0.2) is 46.3 Å². The first-order valence-corrected chi connectivity index (χ1v) is 6.10. The van der Waals surface area contributed by atoms with Crippen LogP contribution in [0.25, 0.3) is 0 Å². The van der Waals surface area contributed by atoms with Crippen molar-refractivity contribution in [1.82, 2.24) is 9.88 Å². The lowest BCUT2D eigenvalue weighted by Crippen LogP contribution is -2.44. The highest BCUT2D eigenvalue weighted by atomic mass is 16.5. The molecule has 1 aromatic heterocycles. The molecule has 5 nitrogen and oxygen atoms in total. The molecule has 0 spiro atoms. The van der Waals surface area contributed by atoms with Gasteiger partial charge in [0.25, 0.3) is 0 Å². The summed E-state index contributed by atoms with van der Waals surface area (Å²) in [6, 6.07) is 3.49. The minimum absolute atomic E-state index is 0.0989. The summed E-state index contributed by atoms with van der Waals surface area (Å²) < 4.78 is 5.67. The van der Waals surface area contributed by atoms with Gasteiger partial charge in [0.1, 0.15) is 5.69 Å². The number of rotatable bonds is 3. The lowest BCUT2D eigenvalue weighted by Gasteiger charge is -2.35. The van der Waals surface area contributed by atoms with E-state index >= 15 is 0 Å². The molecule has 1 N–H and O–H groups in total. The molecule has 1 fully saturated rings. The van der Waals surface area contributed by atoms with Gasteiger partial charge in [-0.2, -0.15) is 0 Å². The van der Waals surface area contributed by atoms with Crippen LogP contribution in [0.1, 0.15) is 29.9 Å². The van der Waals surface area contributed by atoms with E-state index in [2.05, 4.69) is 23.7 Å². The zero-order valence-electron chi connectivity index (χ0n) is 10.7. The molecule has 0 aromatic carbocycles. The lowest BCUT2D eigenvalue weighted by molar-refractivity contribution is -0.0705. The zero-order chi connectivity index (χ0) is 13.1. The summed E-state index contributed by atoms with van der Waals surface area (Å²) in [7, 11) is 0. The summed E-state index contributed by atoms with van der Waals surface area (Å²) in [5, 5.41) is 8.90. The van der Waals surface area contributed by atoms with Crippen molar-refractivity contribution in [3.63, 3.8) is 0 Å². The molecule has 1 aromatic rings. The first-order valence-electron chi connectivity index (χ1n) is 6.10. The van der Waals surface area contributed by atoms with E-state index in [9.17, 15) is 4.79 Å². The Kier molecular flexibility index (Phi) is 3.93. The molecule has 98 valence electrons. The summed E-state index contributed by atoms with van der Waals surface area (Å²) >= 11 is 0. The molecule has 18 heavy (non-hydrogen) atoms. The van der Waals surface area contributed by atoms with Gasteiger partial charge in [-0.3, -0.25) is 4.90 Å². The Balaban J connectivity index is 2.04. The molecule has 0 bridgehead atoms. The predicted molar refractivity (Wildman–Crippen MR) is 66.5 cm³/mol. The highest BCUT2D eigenvalue weighted by Crippen LogP contribution is 2.14. The Morgan fingerprint density at radius 1 is 1.50 bits per heavy atom. The first-order chi connectivity index (χ1) is 8.54. The number of morpholine rings is 1. The standard InChI is InChI=1S/C13H18N2O3/c1-9-6-15(7-10(2)18-9)8-11-3-4-14-12(5-11)13(16)17/h3-5,9-10H,6-8H2,1-2H3,(H,16,17). The van der Waals surface area contributed by atoms with Crippen LogP contribution in [0.15, 0.2) is 18.3 Å². The molecular weight excluding hydrogens is 232 g/mol. The van der Waals surface area contributed by atoms with E-state index in [0.29, 0.717) is 0 Å². The maximum Gasteiger partial charge on any atom is 0.354 e. The Morgan fingerprint density at radius 2 is 2.17 bits per heavy atom. The number of carbonyl (C=O) groups is 1. The van der Waals surface area contributed by atoms with E-state index in [0.717, 1.165) is 25.2 Å². The summed E-state index contributed by atoms with van der Waals surface area (Å²) in [4.78, 5) is 17.0. The lowest BCUT2D eigenvalue weighted by atomic mass is 10.1. The van der Waals surface area contributed by atoms with Crippen molar-refractivity contribution in [3.8, 4) is 0 Å². The smallest absolute Gasteiger partial charge is 0.354 e. The average Bonchev–Trinajstić information content (AvgIpc) is 2.27. The zero-order valence-corrected chi connectivity index (χ0v) is 10.7. The van der Waals surface area contributed by atoms with Gasteiger partial charge in [-0.15, -0.1) is 0 Å². The van der Waals surface area contributed by atoms with Gasteiger partial charge < -0.3 is 9.84 Å². The molecule has 1 aliphatic heterocycles. The van der Waals surface area contributed by atoms with Gasteiger partial charge in [0, 0.05) is 25.8 Å². The molecule has 5 heteroatoms. The van der Waals surface area contributed by atoms with Crippen LogP contribution in [0.4, 0.5) is 0 Å². The molecule has 2 rings (SSSR count). The van der Waals surface area contributed by atoms with Crippen molar-refractivity contribution in [3.05, 3.63) is 29.6 Å². The number of ether oxygens (including phenoxy) is 1. The molecule has 0 saturated carbocycles. The fourth-order valence-corrected chi connectivity index (χ4v) is 2.36. The molecular formula is C13H18N2O3. The monoisotopic (exact) mass is 250 g/mol. The molecule has 0 aliphatic carbocycles. The van der Waals surface area contributed by atoms with Crippen molar-refractivity contribution < 1.29 is 14.6 Å². The minimum Gasteiger partial charge on any atom is -0.477 e. The van der Waals surface area contributed by atoms with Gasteiger partial charge in [-0.25, -0.2) is 9.78 Å². The van der Waals surface area contributed by atoms with E-state index < -0.39 is 5.97 Å². The Hall–Kier alpha value is -1.46. The van der Waals surface area contributed by atoms with Crippen LogP contribution in [0.2, 0.25) is 0 Å². The van der Waals surface area contributed by atoms with Gasteiger partial charge >= 0.3 is 5.97 Å². The van der Waals surface area contributed by atoms with Crippen molar-refractivity contribution >= 4 is 5.97 Å². The molecule has 0 radical (unpaired) electrons. The summed E-state index contributed by atoms with van der Waals surface area (Å²) in [5.74, 6) is -0.986. The normalized spacial score (nSPS) is 25.0. The van der Waals surface area contributed by atoms with Crippen LogP contribution in [0.5, 0.6) is 0 Å². The van der Waals surface area contributed by atoms with Gasteiger partial charge in [-0.05, 0) is 31.5 Å². The van der Waals surface area contributed by atoms with Crippen molar-refractivity contribution in [2.75, 3.05) is 13.1 Å². The number of pyridine rings is 1. The maximum atomic E-state index is 10.9. The number of hydrogen-bond acceptors (Lipinski definition) is 4. The number of nitrogens with zero attached hydrogens (tertiary/aromatic N) is 2. The number of carboxylic acid groups (broad SMARTS) is 1. The van der Waals surface area contributed by atoms with Crippen LogP contribution >= 0.6 is 0 Å². The van der Waals surface area contributed by atoms with Crippen LogP contribution in [0.3, 0.4) is 0 Å². The highest BCUT2D eigenvalue weighted by molar-refractivity contribution is 5.85. The van der Waals surface area contributed by atoms with Crippen LogP contribution < -0.4 is 0 Å². The first kappa shape index (κ1) is 13.0. The third kappa shape index (κ3) is 3.27. The van der Waals surface area contributed by atoms with Crippen molar-refractivity contribution in [1.29, 1.82) is 0 Å². The minimum atomic E-state index is -0.986. The molecule has 1 aliphatic rings. The predicted octanol–water partition coefficient (Wildman–Crippen LogP) is 1.39. The number of hydrogen-bond donors (Lipinski definition) is 1. The second kappa shape index (κ2) is 5.46. The van der Waals surface area contributed by atoms with E-state index in [1.165, 1.54) is 0 Å². The van der Waals surface area contributed by atoms with Gasteiger partial charge in [0.2, 0.25) is 0 Å². The number of carboxylic acids is 1. The summed E-state index contributed by atoms with van der Waals surface area (Å²) in [5.41, 5.74) is 1.07. The van der Waals surface area contributed by atoms with E-state index in [4.69, 9.17) is 9.84 Å². The quantitative estimate of drug-likeness (QED) is 0.878. The molecule has 1 saturated heterocycles. The summed E-state index contributed by atoms with van der Waals surface area (Å²) in [6.07, 6.45) is 1.98. The van der Waals surface area contributed by atoms with E-state index in [-0.39, 0.29) is 17.9 Å². The Bertz CT molecular complexity index is 426. The Morgan fingerprint density at radius 3 is 2.78 bits per heavy atom. The molecule has 2 heterocycles. The van der Waals surface area contributed by atoms with Crippen LogP contribution in [-0.2, 0) is 11.3 Å². The molecule has 2 unspecified atom stereocenters. The molecule has 2 atom stereocenters. The van der Waals surface area contributed by atoms with E-state index in [1.807, 2.05) is 6.07 Å². The number of aromatic carboxylic acids is 1. The fourth-order valence-electron chi connectivity index (χ4n) is 2.36. The second-order valence-corrected chi connectivity index (χ2v) is 4.81. The van der Waals surface area contributed by atoms with Gasteiger partial charge in [-0.1, -0.05) is 0 Å².